The average molecular weight is 289 g/mol. The third-order valence-corrected chi connectivity index (χ3v) is 4.18. The van der Waals surface area contributed by atoms with E-state index in [1.807, 2.05) is 26.0 Å². The minimum absolute atomic E-state index is 0.208. The molecule has 21 heavy (non-hydrogen) atoms. The second-order valence-corrected chi connectivity index (χ2v) is 5.78. The average Bonchev–Trinajstić information content (AvgIpc) is 2.94. The Kier molecular flexibility index (Phi) is 4.99. The van der Waals surface area contributed by atoms with Gasteiger partial charge in [0.25, 0.3) is 5.91 Å². The van der Waals surface area contributed by atoms with Gasteiger partial charge in [-0.05, 0) is 50.8 Å². The van der Waals surface area contributed by atoms with Gasteiger partial charge in [-0.15, -0.1) is 0 Å². The number of carbonyl (C=O) groups excluding carboxylic acids is 2. The van der Waals surface area contributed by atoms with E-state index in [9.17, 15) is 9.59 Å². The molecule has 1 aromatic rings. The van der Waals surface area contributed by atoms with Crippen LogP contribution in [0.4, 0.5) is 0 Å². The van der Waals surface area contributed by atoms with Gasteiger partial charge in [-0.1, -0.05) is 25.0 Å². The number of nitrogens with one attached hydrogen (secondary N) is 1. The first kappa shape index (κ1) is 15.5. The summed E-state index contributed by atoms with van der Waals surface area (Å²) in [5.41, 5.74) is 2.45. The van der Waals surface area contributed by atoms with Crippen LogP contribution in [0.3, 0.4) is 0 Å². The zero-order valence-corrected chi connectivity index (χ0v) is 12.9. The van der Waals surface area contributed by atoms with Gasteiger partial charge in [0, 0.05) is 6.04 Å². The number of esters is 1. The van der Waals surface area contributed by atoms with E-state index < -0.39 is 12.1 Å². The van der Waals surface area contributed by atoms with Gasteiger partial charge < -0.3 is 10.1 Å². The van der Waals surface area contributed by atoms with Gasteiger partial charge in [-0.25, -0.2) is 4.79 Å². The van der Waals surface area contributed by atoms with Crippen LogP contribution in [0.25, 0.3) is 0 Å². The molecule has 1 aliphatic rings. The number of hydrogen-bond acceptors (Lipinski definition) is 3. The summed E-state index contributed by atoms with van der Waals surface area (Å²) in [6.07, 6.45) is 3.58. The maximum atomic E-state index is 12.2. The molecule has 0 unspecified atom stereocenters. The van der Waals surface area contributed by atoms with Crippen molar-refractivity contribution in [1.29, 1.82) is 0 Å². The van der Waals surface area contributed by atoms with Crippen molar-refractivity contribution in [2.45, 2.75) is 58.6 Å². The van der Waals surface area contributed by atoms with Gasteiger partial charge in [-0.3, -0.25) is 4.79 Å². The molecule has 0 saturated heterocycles. The lowest BCUT2D eigenvalue weighted by molar-refractivity contribution is -0.129. The maximum absolute atomic E-state index is 12.2. The number of aryl methyl sites for hydroxylation is 1. The van der Waals surface area contributed by atoms with Crippen molar-refractivity contribution in [2.75, 3.05) is 0 Å². The van der Waals surface area contributed by atoms with Crippen molar-refractivity contribution in [1.82, 2.24) is 5.32 Å². The summed E-state index contributed by atoms with van der Waals surface area (Å²) in [5, 5.41) is 2.95. The van der Waals surface area contributed by atoms with E-state index in [0.29, 0.717) is 5.56 Å². The van der Waals surface area contributed by atoms with Gasteiger partial charge in [0.15, 0.2) is 6.10 Å². The summed E-state index contributed by atoms with van der Waals surface area (Å²) < 4.78 is 5.29. The number of hydrogen-bond donors (Lipinski definition) is 1. The van der Waals surface area contributed by atoms with Crippen LogP contribution in [-0.2, 0) is 9.53 Å². The van der Waals surface area contributed by atoms with Crippen LogP contribution in [0.2, 0.25) is 0 Å². The second-order valence-electron chi connectivity index (χ2n) is 5.78. The first-order valence-electron chi connectivity index (χ1n) is 7.56. The third-order valence-electron chi connectivity index (χ3n) is 4.18. The molecule has 1 amide bonds. The van der Waals surface area contributed by atoms with Crippen molar-refractivity contribution in [3.8, 4) is 0 Å². The summed E-state index contributed by atoms with van der Waals surface area (Å²) in [6.45, 7) is 5.45. The summed E-state index contributed by atoms with van der Waals surface area (Å²) in [7, 11) is 0. The fourth-order valence-corrected chi connectivity index (χ4v) is 2.64. The lowest BCUT2D eigenvalue weighted by atomic mass is 10.0. The molecule has 114 valence electrons. The van der Waals surface area contributed by atoms with Gasteiger partial charge >= 0.3 is 5.97 Å². The Morgan fingerprint density at radius 3 is 2.57 bits per heavy atom. The van der Waals surface area contributed by atoms with E-state index in [1.165, 1.54) is 0 Å². The Bertz CT molecular complexity index is 533. The molecule has 1 saturated carbocycles. The number of carbonyl (C=O) groups is 2. The number of rotatable bonds is 4. The molecule has 1 atom stereocenters. The summed E-state index contributed by atoms with van der Waals surface area (Å²) in [6, 6.07) is 5.73. The van der Waals surface area contributed by atoms with Gasteiger partial charge in [-0.2, -0.15) is 0 Å². The Labute approximate surface area is 125 Å². The van der Waals surface area contributed by atoms with E-state index in [4.69, 9.17) is 4.74 Å². The van der Waals surface area contributed by atoms with Gasteiger partial charge in [0.2, 0.25) is 0 Å². The molecule has 0 aliphatic heterocycles. The SMILES string of the molecule is Cc1cccc(C(=O)O[C@@H](C)C(=O)NC2CCCC2)c1C. The standard InChI is InChI=1S/C17H23NO3/c1-11-7-6-10-15(12(11)2)17(20)21-13(3)16(19)18-14-8-4-5-9-14/h6-7,10,13-14H,4-5,8-9H2,1-3H3,(H,18,19)/t13-/m0/s1. The lowest BCUT2D eigenvalue weighted by Crippen LogP contribution is -2.40. The Morgan fingerprint density at radius 2 is 1.90 bits per heavy atom. The highest BCUT2D eigenvalue weighted by molar-refractivity contribution is 5.93. The maximum Gasteiger partial charge on any atom is 0.339 e. The van der Waals surface area contributed by atoms with Crippen LogP contribution in [0.15, 0.2) is 18.2 Å². The zero-order valence-electron chi connectivity index (χ0n) is 12.9. The molecule has 1 aromatic carbocycles. The van der Waals surface area contributed by atoms with Crippen molar-refractivity contribution < 1.29 is 14.3 Å². The summed E-state index contributed by atoms with van der Waals surface area (Å²) in [5.74, 6) is -0.647. The quantitative estimate of drug-likeness (QED) is 0.867. The molecular formula is C17H23NO3. The van der Waals surface area contributed by atoms with E-state index >= 15 is 0 Å². The smallest absolute Gasteiger partial charge is 0.339 e. The fraction of sp³-hybridized carbons (Fsp3) is 0.529. The molecule has 0 bridgehead atoms. The molecule has 4 heteroatoms. The lowest BCUT2D eigenvalue weighted by Gasteiger charge is -2.17. The van der Waals surface area contributed by atoms with E-state index in [2.05, 4.69) is 5.32 Å². The molecule has 1 aliphatic carbocycles. The highest BCUT2D eigenvalue weighted by Crippen LogP contribution is 2.18. The number of benzene rings is 1. The molecule has 4 nitrogen and oxygen atoms in total. The van der Waals surface area contributed by atoms with Gasteiger partial charge in [0.1, 0.15) is 0 Å². The van der Waals surface area contributed by atoms with Crippen molar-refractivity contribution in [3.63, 3.8) is 0 Å². The number of amides is 1. The third kappa shape index (κ3) is 3.84. The minimum Gasteiger partial charge on any atom is -0.449 e. The van der Waals surface area contributed by atoms with Crippen molar-refractivity contribution in [2.24, 2.45) is 0 Å². The minimum atomic E-state index is -0.766. The summed E-state index contributed by atoms with van der Waals surface area (Å²) in [4.78, 5) is 24.2. The van der Waals surface area contributed by atoms with Crippen LogP contribution in [0, 0.1) is 13.8 Å². The second kappa shape index (κ2) is 6.74. The summed E-state index contributed by atoms with van der Waals surface area (Å²) >= 11 is 0. The van der Waals surface area contributed by atoms with Crippen LogP contribution in [0.1, 0.15) is 54.1 Å². The van der Waals surface area contributed by atoms with Crippen LogP contribution in [-0.4, -0.2) is 24.0 Å². The van der Waals surface area contributed by atoms with E-state index in [1.54, 1.807) is 13.0 Å². The first-order chi connectivity index (χ1) is 9.99. The Morgan fingerprint density at radius 1 is 1.24 bits per heavy atom. The van der Waals surface area contributed by atoms with E-state index in [0.717, 1.165) is 36.8 Å². The molecule has 0 aromatic heterocycles. The van der Waals surface area contributed by atoms with Gasteiger partial charge in [0.05, 0.1) is 5.56 Å². The Balaban J connectivity index is 1.95. The van der Waals surface area contributed by atoms with Crippen molar-refractivity contribution in [3.05, 3.63) is 34.9 Å². The molecule has 2 rings (SSSR count). The molecule has 0 heterocycles. The highest BCUT2D eigenvalue weighted by Gasteiger charge is 2.24. The fourth-order valence-electron chi connectivity index (χ4n) is 2.64. The van der Waals surface area contributed by atoms with Crippen molar-refractivity contribution >= 4 is 11.9 Å². The zero-order chi connectivity index (χ0) is 15.4. The molecule has 1 N–H and O–H groups in total. The molecule has 1 fully saturated rings. The predicted molar refractivity (Wildman–Crippen MR) is 81.2 cm³/mol. The van der Waals surface area contributed by atoms with Crippen LogP contribution in [0.5, 0.6) is 0 Å². The first-order valence-corrected chi connectivity index (χ1v) is 7.56. The largest absolute Gasteiger partial charge is 0.449 e. The predicted octanol–water partition coefficient (Wildman–Crippen LogP) is 2.91. The molecular weight excluding hydrogens is 266 g/mol. The Hall–Kier alpha value is -1.84. The normalized spacial score (nSPS) is 16.5. The van der Waals surface area contributed by atoms with E-state index in [-0.39, 0.29) is 11.9 Å². The van der Waals surface area contributed by atoms with Crippen LogP contribution < -0.4 is 5.32 Å². The van der Waals surface area contributed by atoms with Crippen LogP contribution >= 0.6 is 0 Å². The monoisotopic (exact) mass is 289 g/mol. The highest BCUT2D eigenvalue weighted by atomic mass is 16.5. The molecule has 0 radical (unpaired) electrons. The molecule has 0 spiro atoms. The number of ether oxygens (including phenoxy) is 1. The topological polar surface area (TPSA) is 55.4 Å².